The molecular weight excluding hydrogens is 292 g/mol. The zero-order chi connectivity index (χ0) is 16.7. The minimum atomic E-state index is -0.929. The van der Waals surface area contributed by atoms with E-state index in [0.29, 0.717) is 11.3 Å². The van der Waals surface area contributed by atoms with Crippen LogP contribution in [0, 0.1) is 11.3 Å². The Morgan fingerprint density at radius 3 is 2.43 bits per heavy atom. The highest BCUT2D eigenvalue weighted by Crippen LogP contribution is 2.25. The Hall–Kier alpha value is -3.13. The van der Waals surface area contributed by atoms with Crippen LogP contribution in [0.3, 0.4) is 0 Å². The van der Waals surface area contributed by atoms with Crippen LogP contribution in [0.2, 0.25) is 0 Å². The number of amides is 1. The number of carbonyl (C=O) groups excluding carboxylic acids is 2. The fourth-order valence-electron chi connectivity index (χ4n) is 2.17. The maximum atomic E-state index is 12.7. The van der Waals surface area contributed by atoms with E-state index in [0.717, 1.165) is 0 Å². The van der Waals surface area contributed by atoms with Crippen molar-refractivity contribution in [3.05, 3.63) is 65.7 Å². The third-order valence-electron chi connectivity index (χ3n) is 3.23. The quantitative estimate of drug-likeness (QED) is 0.853. The van der Waals surface area contributed by atoms with E-state index in [1.54, 1.807) is 55.5 Å². The molecule has 1 unspecified atom stereocenters. The van der Waals surface area contributed by atoms with E-state index in [1.807, 2.05) is 12.1 Å². The zero-order valence-corrected chi connectivity index (χ0v) is 12.7. The number of ether oxygens (including phenoxy) is 1. The molecule has 0 spiro atoms. The highest BCUT2D eigenvalue weighted by Gasteiger charge is 2.24. The molecule has 0 aromatic heterocycles. The van der Waals surface area contributed by atoms with Crippen LogP contribution in [-0.4, -0.2) is 18.5 Å². The van der Waals surface area contributed by atoms with Gasteiger partial charge in [0.2, 0.25) is 0 Å². The zero-order valence-electron chi connectivity index (χ0n) is 12.7. The smallest absolute Gasteiger partial charge is 0.411 e. The number of para-hydroxylation sites is 1. The molecule has 0 aliphatic carbocycles. The maximum Gasteiger partial charge on any atom is 0.411 e. The van der Waals surface area contributed by atoms with Crippen LogP contribution in [0.15, 0.2) is 54.6 Å². The summed E-state index contributed by atoms with van der Waals surface area (Å²) in [5.41, 5.74) is 1.22. The molecule has 0 heterocycles. The molecule has 0 aliphatic heterocycles. The van der Waals surface area contributed by atoms with Crippen molar-refractivity contribution in [2.75, 3.05) is 11.9 Å². The Labute approximate surface area is 134 Å². The van der Waals surface area contributed by atoms with Gasteiger partial charge in [-0.25, -0.2) is 4.79 Å². The molecule has 0 bridgehead atoms. The van der Waals surface area contributed by atoms with Crippen molar-refractivity contribution in [1.82, 2.24) is 0 Å². The third-order valence-corrected chi connectivity index (χ3v) is 3.23. The second-order valence-corrected chi connectivity index (χ2v) is 4.73. The Balaban J connectivity index is 2.32. The van der Waals surface area contributed by atoms with Crippen molar-refractivity contribution in [1.29, 1.82) is 5.26 Å². The molecule has 5 nitrogen and oxygen atoms in total. The van der Waals surface area contributed by atoms with Gasteiger partial charge in [-0.1, -0.05) is 42.5 Å². The third kappa shape index (κ3) is 3.95. The van der Waals surface area contributed by atoms with Crippen LogP contribution in [0.4, 0.5) is 10.5 Å². The Kier molecular flexibility index (Phi) is 5.48. The number of benzene rings is 2. The number of nitrogens with one attached hydrogen (secondary N) is 1. The number of anilines is 1. The molecular formula is C18H16N2O3. The fourth-order valence-corrected chi connectivity index (χ4v) is 2.17. The number of Topliss-reactive ketones (excluding diaryl/α,β-unsaturated/α-hetero) is 1. The van der Waals surface area contributed by atoms with Gasteiger partial charge >= 0.3 is 6.09 Å². The fraction of sp³-hybridized carbons (Fsp3) is 0.167. The Morgan fingerprint density at radius 1 is 1.13 bits per heavy atom. The van der Waals surface area contributed by atoms with Crippen LogP contribution in [0.5, 0.6) is 0 Å². The van der Waals surface area contributed by atoms with Crippen molar-refractivity contribution in [2.45, 2.75) is 12.8 Å². The van der Waals surface area contributed by atoms with Crippen molar-refractivity contribution < 1.29 is 14.3 Å². The monoisotopic (exact) mass is 308 g/mol. The lowest BCUT2D eigenvalue weighted by Crippen LogP contribution is -2.18. The lowest BCUT2D eigenvalue weighted by atomic mass is 9.91. The first-order valence-corrected chi connectivity index (χ1v) is 7.19. The summed E-state index contributed by atoms with van der Waals surface area (Å²) in [7, 11) is 0. The molecule has 0 saturated carbocycles. The summed E-state index contributed by atoms with van der Waals surface area (Å²) in [4.78, 5) is 24.3. The highest BCUT2D eigenvalue weighted by molar-refractivity contribution is 6.08. The van der Waals surface area contributed by atoms with Gasteiger partial charge in [0.1, 0.15) is 5.92 Å². The molecule has 0 fully saturated rings. The van der Waals surface area contributed by atoms with Gasteiger partial charge in [0.25, 0.3) is 0 Å². The SMILES string of the molecule is CCOC(=O)Nc1ccccc1C(=O)C(C#N)c1ccccc1. The molecule has 2 rings (SSSR count). The Morgan fingerprint density at radius 2 is 1.78 bits per heavy atom. The molecule has 1 N–H and O–H groups in total. The molecule has 1 atom stereocenters. The summed E-state index contributed by atoms with van der Waals surface area (Å²) in [5.74, 6) is -1.30. The topological polar surface area (TPSA) is 79.2 Å². The van der Waals surface area contributed by atoms with E-state index < -0.39 is 12.0 Å². The van der Waals surface area contributed by atoms with Crippen LogP contribution >= 0.6 is 0 Å². The van der Waals surface area contributed by atoms with Crippen LogP contribution in [0.1, 0.15) is 28.8 Å². The number of hydrogen-bond donors (Lipinski definition) is 1. The number of carbonyl (C=O) groups is 2. The number of ketones is 1. The van der Waals surface area contributed by atoms with Crippen LogP contribution in [0.25, 0.3) is 0 Å². The number of hydrogen-bond acceptors (Lipinski definition) is 4. The molecule has 23 heavy (non-hydrogen) atoms. The summed E-state index contributed by atoms with van der Waals surface area (Å²) < 4.78 is 4.83. The van der Waals surface area contributed by atoms with Gasteiger partial charge in [-0.05, 0) is 24.6 Å². The predicted molar refractivity (Wildman–Crippen MR) is 86.2 cm³/mol. The largest absolute Gasteiger partial charge is 0.450 e. The van der Waals surface area contributed by atoms with Gasteiger partial charge in [-0.2, -0.15) is 5.26 Å². The van der Waals surface area contributed by atoms with E-state index in [1.165, 1.54) is 0 Å². The molecule has 0 saturated heterocycles. The van der Waals surface area contributed by atoms with Crippen LogP contribution in [-0.2, 0) is 4.74 Å². The highest BCUT2D eigenvalue weighted by atomic mass is 16.5. The molecule has 0 radical (unpaired) electrons. The first-order valence-electron chi connectivity index (χ1n) is 7.19. The van der Waals surface area contributed by atoms with Gasteiger partial charge in [0.15, 0.2) is 5.78 Å². The average molecular weight is 308 g/mol. The molecule has 5 heteroatoms. The molecule has 116 valence electrons. The normalized spacial score (nSPS) is 11.1. The van der Waals surface area contributed by atoms with E-state index in [2.05, 4.69) is 5.32 Å². The summed E-state index contributed by atoms with van der Waals surface area (Å²) >= 11 is 0. The maximum absolute atomic E-state index is 12.7. The molecule has 0 aliphatic rings. The number of rotatable bonds is 5. The predicted octanol–water partition coefficient (Wildman–Crippen LogP) is 3.75. The molecule has 2 aromatic rings. The lowest BCUT2D eigenvalue weighted by molar-refractivity contribution is 0.0979. The van der Waals surface area contributed by atoms with Gasteiger partial charge in [0, 0.05) is 5.56 Å². The second kappa shape index (κ2) is 7.76. The van der Waals surface area contributed by atoms with E-state index in [-0.39, 0.29) is 18.0 Å². The van der Waals surface area contributed by atoms with Gasteiger partial charge in [-0.3, -0.25) is 10.1 Å². The van der Waals surface area contributed by atoms with Crippen molar-refractivity contribution >= 4 is 17.6 Å². The first-order chi connectivity index (χ1) is 11.2. The van der Waals surface area contributed by atoms with Crippen LogP contribution < -0.4 is 5.32 Å². The van der Waals surface area contributed by atoms with Crippen molar-refractivity contribution in [3.63, 3.8) is 0 Å². The van der Waals surface area contributed by atoms with Crippen molar-refractivity contribution in [3.8, 4) is 6.07 Å². The van der Waals surface area contributed by atoms with E-state index >= 15 is 0 Å². The second-order valence-electron chi connectivity index (χ2n) is 4.73. The molecule has 2 aromatic carbocycles. The van der Waals surface area contributed by atoms with Gasteiger partial charge in [0.05, 0.1) is 18.4 Å². The molecule has 1 amide bonds. The van der Waals surface area contributed by atoms with Crippen molar-refractivity contribution in [2.24, 2.45) is 0 Å². The first kappa shape index (κ1) is 16.2. The minimum Gasteiger partial charge on any atom is -0.450 e. The summed E-state index contributed by atoms with van der Waals surface area (Å²) in [6.45, 7) is 1.92. The Bertz CT molecular complexity index is 735. The lowest BCUT2D eigenvalue weighted by Gasteiger charge is -2.13. The standard InChI is InChI=1S/C18H16N2O3/c1-2-23-18(22)20-16-11-7-6-10-14(16)17(21)15(12-19)13-8-4-3-5-9-13/h3-11,15H,2H2,1H3,(H,20,22). The number of nitriles is 1. The summed E-state index contributed by atoms with van der Waals surface area (Å²) in [6.07, 6.45) is -0.638. The summed E-state index contributed by atoms with van der Waals surface area (Å²) in [5, 5.41) is 11.9. The van der Waals surface area contributed by atoms with Gasteiger partial charge in [-0.15, -0.1) is 0 Å². The average Bonchev–Trinajstić information content (AvgIpc) is 2.57. The van der Waals surface area contributed by atoms with E-state index in [9.17, 15) is 14.9 Å². The minimum absolute atomic E-state index is 0.229. The van der Waals surface area contributed by atoms with E-state index in [4.69, 9.17) is 4.74 Å². The van der Waals surface area contributed by atoms with Gasteiger partial charge < -0.3 is 4.74 Å². The summed E-state index contributed by atoms with van der Waals surface area (Å²) in [6, 6.07) is 17.4. The number of nitrogens with zero attached hydrogens (tertiary/aromatic N) is 1.